The van der Waals surface area contributed by atoms with Crippen LogP contribution in [0, 0.1) is 5.82 Å². The molecular formula is C24H26FNO5S2. The first kappa shape index (κ1) is 24.9. The molecule has 0 unspecified atom stereocenters. The minimum atomic E-state index is -4.22. The Balaban J connectivity index is 2.27. The minimum absolute atomic E-state index is 0.0276. The third-order valence-electron chi connectivity index (χ3n) is 5.08. The Morgan fingerprint density at radius 3 is 2.42 bits per heavy atom. The second-order valence-corrected chi connectivity index (χ2v) is 11.1. The smallest absolute Gasteiger partial charge is 0.350 e. The highest BCUT2D eigenvalue weighted by Crippen LogP contribution is 2.37. The van der Waals surface area contributed by atoms with Crippen LogP contribution in [0.2, 0.25) is 0 Å². The Morgan fingerprint density at radius 2 is 1.82 bits per heavy atom. The number of ether oxygens (including phenoxy) is 2. The molecule has 3 rings (SSSR count). The number of sulfonamides is 1. The van der Waals surface area contributed by atoms with Gasteiger partial charge in [0.15, 0.2) is 0 Å². The summed E-state index contributed by atoms with van der Waals surface area (Å²) < 4.78 is 52.9. The van der Waals surface area contributed by atoms with E-state index in [-0.39, 0.29) is 27.6 Å². The Bertz CT molecular complexity index is 1260. The predicted octanol–water partition coefficient (Wildman–Crippen LogP) is 5.44. The average Bonchev–Trinajstić information content (AvgIpc) is 3.25. The number of methoxy groups -OCH3 is 2. The quantitative estimate of drug-likeness (QED) is 0.325. The van der Waals surface area contributed by atoms with Crippen LogP contribution < -0.4 is 4.31 Å². The maximum absolute atomic E-state index is 14.1. The third-order valence-corrected chi connectivity index (χ3v) is 7.76. The van der Waals surface area contributed by atoms with E-state index in [2.05, 4.69) is 0 Å². The summed E-state index contributed by atoms with van der Waals surface area (Å²) in [6, 6.07) is 12.3. The van der Waals surface area contributed by atoms with Crippen molar-refractivity contribution >= 4 is 33.0 Å². The summed E-state index contributed by atoms with van der Waals surface area (Å²) in [5, 5.41) is 1.61. The molecule has 0 spiro atoms. The van der Waals surface area contributed by atoms with Gasteiger partial charge < -0.3 is 9.47 Å². The summed E-state index contributed by atoms with van der Waals surface area (Å²) >= 11 is 1.07. The van der Waals surface area contributed by atoms with Gasteiger partial charge in [0.05, 0.1) is 17.7 Å². The first-order valence-electron chi connectivity index (χ1n) is 10.1. The number of rotatable bonds is 7. The van der Waals surface area contributed by atoms with Gasteiger partial charge in [-0.05, 0) is 52.3 Å². The van der Waals surface area contributed by atoms with Crippen molar-refractivity contribution in [1.82, 2.24) is 0 Å². The molecular weight excluding hydrogens is 465 g/mol. The molecule has 9 heteroatoms. The lowest BCUT2D eigenvalue weighted by Crippen LogP contribution is -2.34. The van der Waals surface area contributed by atoms with Crippen LogP contribution in [0.5, 0.6) is 0 Å². The van der Waals surface area contributed by atoms with Gasteiger partial charge in [0.1, 0.15) is 17.4 Å². The van der Waals surface area contributed by atoms with Crippen LogP contribution in [0.3, 0.4) is 0 Å². The van der Waals surface area contributed by atoms with Crippen molar-refractivity contribution in [2.75, 3.05) is 25.3 Å². The van der Waals surface area contributed by atoms with Crippen molar-refractivity contribution in [3.63, 3.8) is 0 Å². The van der Waals surface area contributed by atoms with Crippen LogP contribution in [0.1, 0.15) is 36.0 Å². The summed E-state index contributed by atoms with van der Waals surface area (Å²) in [7, 11) is -1.63. The molecule has 0 aliphatic rings. The van der Waals surface area contributed by atoms with Crippen molar-refractivity contribution in [1.29, 1.82) is 0 Å². The Morgan fingerprint density at radius 1 is 1.09 bits per heavy atom. The molecule has 0 radical (unpaired) electrons. The van der Waals surface area contributed by atoms with Gasteiger partial charge in [-0.3, -0.25) is 0 Å². The lowest BCUT2D eigenvalue weighted by Gasteiger charge is -2.26. The molecule has 0 atom stereocenters. The first-order chi connectivity index (χ1) is 15.5. The highest BCUT2D eigenvalue weighted by molar-refractivity contribution is 7.93. The number of halogens is 1. The van der Waals surface area contributed by atoms with E-state index < -0.39 is 21.8 Å². The van der Waals surface area contributed by atoms with E-state index in [4.69, 9.17) is 9.47 Å². The number of hydrogen-bond acceptors (Lipinski definition) is 6. The van der Waals surface area contributed by atoms with E-state index in [1.54, 1.807) is 23.6 Å². The normalized spacial score (nSPS) is 11.9. The van der Waals surface area contributed by atoms with E-state index in [1.807, 2.05) is 20.8 Å². The molecule has 2 aromatic carbocycles. The number of carbonyl (C=O) groups excluding carboxylic acids is 1. The number of hydrogen-bond donors (Lipinski definition) is 0. The van der Waals surface area contributed by atoms with Crippen LogP contribution in [-0.2, 0) is 24.9 Å². The first-order valence-corrected chi connectivity index (χ1v) is 12.4. The molecule has 3 aromatic rings. The summed E-state index contributed by atoms with van der Waals surface area (Å²) in [5.41, 5.74) is 1.57. The lowest BCUT2D eigenvalue weighted by atomic mass is 9.85. The molecule has 0 aliphatic carbocycles. The van der Waals surface area contributed by atoms with Gasteiger partial charge in [-0.2, -0.15) is 0 Å². The molecule has 0 saturated carbocycles. The SMILES string of the molecule is COCN(c1ccsc1C(=O)OC)S(=O)(=O)c1ccc(C(C)(C)C)cc1-c1cccc(F)c1. The fourth-order valence-corrected chi connectivity index (χ4v) is 5.81. The van der Waals surface area contributed by atoms with Gasteiger partial charge in [0.25, 0.3) is 10.0 Å². The standard InChI is InChI=1S/C24H26FNO5S2/c1-24(2,3)17-9-10-21(19(14-17)16-7-6-8-18(25)13-16)33(28,29)26(15-30-4)20-11-12-32-22(20)23(27)31-5/h6-14H,15H2,1-5H3. The number of carbonyl (C=O) groups is 1. The summed E-state index contributed by atoms with van der Waals surface area (Å²) in [5.74, 6) is -1.12. The monoisotopic (exact) mass is 491 g/mol. The van der Waals surface area contributed by atoms with Gasteiger partial charge >= 0.3 is 5.97 Å². The average molecular weight is 492 g/mol. The maximum Gasteiger partial charge on any atom is 0.350 e. The molecule has 0 amide bonds. The Kier molecular flexibility index (Phi) is 7.26. The van der Waals surface area contributed by atoms with Crippen LogP contribution in [0.4, 0.5) is 10.1 Å². The Labute approximate surface area is 197 Å². The summed E-state index contributed by atoms with van der Waals surface area (Å²) in [4.78, 5) is 12.3. The second-order valence-electron chi connectivity index (χ2n) is 8.37. The van der Waals surface area contributed by atoms with E-state index in [0.29, 0.717) is 11.1 Å². The summed E-state index contributed by atoms with van der Waals surface area (Å²) in [6.45, 7) is 5.71. The fourth-order valence-electron chi connectivity index (χ4n) is 3.35. The van der Waals surface area contributed by atoms with Gasteiger partial charge in [-0.1, -0.05) is 39.0 Å². The number of anilines is 1. The van der Waals surface area contributed by atoms with Crippen LogP contribution in [-0.4, -0.2) is 35.3 Å². The van der Waals surface area contributed by atoms with Crippen molar-refractivity contribution in [2.24, 2.45) is 0 Å². The molecule has 0 bridgehead atoms. The molecule has 1 heterocycles. The molecule has 1 aromatic heterocycles. The second kappa shape index (κ2) is 9.62. The zero-order chi connectivity index (χ0) is 24.4. The van der Waals surface area contributed by atoms with Gasteiger partial charge in [0, 0.05) is 12.7 Å². The number of esters is 1. The van der Waals surface area contributed by atoms with E-state index in [9.17, 15) is 17.6 Å². The molecule has 33 heavy (non-hydrogen) atoms. The molecule has 0 N–H and O–H groups in total. The fraction of sp³-hybridized carbons (Fsp3) is 0.292. The third kappa shape index (κ3) is 5.10. The number of nitrogens with zero attached hydrogens (tertiary/aromatic N) is 1. The van der Waals surface area contributed by atoms with Crippen molar-refractivity contribution < 1.29 is 27.1 Å². The lowest BCUT2D eigenvalue weighted by molar-refractivity contribution is 0.0607. The minimum Gasteiger partial charge on any atom is -0.465 e. The highest BCUT2D eigenvalue weighted by Gasteiger charge is 2.32. The molecule has 0 saturated heterocycles. The number of benzene rings is 2. The number of thiophene rings is 1. The van der Waals surface area contributed by atoms with Crippen molar-refractivity contribution in [2.45, 2.75) is 31.1 Å². The van der Waals surface area contributed by atoms with Gasteiger partial charge in [-0.15, -0.1) is 11.3 Å². The van der Waals surface area contributed by atoms with Crippen LogP contribution in [0.15, 0.2) is 58.8 Å². The molecule has 6 nitrogen and oxygen atoms in total. The van der Waals surface area contributed by atoms with E-state index in [1.165, 1.54) is 44.6 Å². The molecule has 0 fully saturated rings. The van der Waals surface area contributed by atoms with Crippen molar-refractivity contribution in [3.05, 3.63) is 70.2 Å². The van der Waals surface area contributed by atoms with Crippen LogP contribution >= 0.6 is 11.3 Å². The summed E-state index contributed by atoms with van der Waals surface area (Å²) in [6.07, 6.45) is 0. The van der Waals surface area contributed by atoms with E-state index >= 15 is 0 Å². The molecule has 176 valence electrons. The topological polar surface area (TPSA) is 72.9 Å². The zero-order valence-electron chi connectivity index (χ0n) is 19.1. The van der Waals surface area contributed by atoms with Gasteiger partial charge in [-0.25, -0.2) is 21.9 Å². The largest absolute Gasteiger partial charge is 0.465 e. The zero-order valence-corrected chi connectivity index (χ0v) is 20.7. The predicted molar refractivity (Wildman–Crippen MR) is 128 cm³/mol. The molecule has 0 aliphatic heterocycles. The highest BCUT2D eigenvalue weighted by atomic mass is 32.2. The van der Waals surface area contributed by atoms with Crippen molar-refractivity contribution in [3.8, 4) is 11.1 Å². The Hall–Kier alpha value is -2.75. The van der Waals surface area contributed by atoms with E-state index in [0.717, 1.165) is 21.2 Å². The van der Waals surface area contributed by atoms with Crippen LogP contribution in [0.25, 0.3) is 11.1 Å². The van der Waals surface area contributed by atoms with Gasteiger partial charge in [0.2, 0.25) is 0 Å². The maximum atomic E-state index is 14.1.